The van der Waals surface area contributed by atoms with Gasteiger partial charge in [0.25, 0.3) is 23.3 Å². The molecule has 0 aliphatic heterocycles. The average Bonchev–Trinajstić information content (AvgIpc) is 2.14. The van der Waals surface area contributed by atoms with E-state index in [1.807, 2.05) is 0 Å². The van der Waals surface area contributed by atoms with Gasteiger partial charge in [0.2, 0.25) is 0 Å². The van der Waals surface area contributed by atoms with E-state index in [0.29, 0.717) is 0 Å². The summed E-state index contributed by atoms with van der Waals surface area (Å²) in [5.41, 5.74) is -0.340. The average molecular weight is 338 g/mol. The molecule has 0 unspecified atom stereocenters. The Balaban J connectivity index is 3.68. The fourth-order valence-corrected chi connectivity index (χ4v) is 2.76. The van der Waals surface area contributed by atoms with Crippen molar-refractivity contribution in [2.75, 3.05) is 0 Å². The second-order valence-corrected chi connectivity index (χ2v) is 8.32. The van der Waals surface area contributed by atoms with Crippen LogP contribution in [0, 0.1) is 0 Å². The first-order chi connectivity index (χ1) is 7.51. The van der Waals surface area contributed by atoms with Gasteiger partial charge in [0.1, 0.15) is 0 Å². The highest BCUT2D eigenvalue weighted by Gasteiger charge is 2.20. The highest BCUT2D eigenvalue weighted by Crippen LogP contribution is 2.24. The minimum atomic E-state index is -4.20. The van der Waals surface area contributed by atoms with E-state index in [-0.39, 0.29) is 5.56 Å². The monoisotopic (exact) mass is 336 g/mol. The summed E-state index contributed by atoms with van der Waals surface area (Å²) in [6, 6.07) is 2.43. The van der Waals surface area contributed by atoms with Crippen molar-refractivity contribution in [2.45, 2.75) is 9.79 Å². The van der Waals surface area contributed by atoms with Crippen molar-refractivity contribution >= 4 is 56.3 Å². The molecule has 0 N–H and O–H groups in total. The Bertz CT molecular complexity index is 627. The van der Waals surface area contributed by atoms with Crippen LogP contribution < -0.4 is 0 Å². The van der Waals surface area contributed by atoms with Crippen LogP contribution in [0.4, 0.5) is 0 Å². The Kier molecular flexibility index (Phi) is 4.10. The molecule has 0 heterocycles. The maximum Gasteiger partial charge on any atom is 0.261 e. The predicted octanol–water partition coefficient (Wildman–Crippen LogP) is 1.92. The first-order valence-electron chi connectivity index (χ1n) is 3.76. The molecule has 0 atom stereocenters. The molecule has 0 saturated heterocycles. The molecule has 5 nitrogen and oxygen atoms in total. The Morgan fingerprint density at radius 2 is 1.24 bits per heavy atom. The molecule has 1 aromatic carbocycles. The molecule has 1 rings (SSSR count). The van der Waals surface area contributed by atoms with Crippen LogP contribution in [-0.4, -0.2) is 22.1 Å². The molecule has 0 aliphatic rings. The Morgan fingerprint density at radius 1 is 0.882 bits per heavy atom. The van der Waals surface area contributed by atoms with Crippen LogP contribution in [0.25, 0.3) is 0 Å². The molecule has 1 aromatic rings. The fourth-order valence-electron chi connectivity index (χ4n) is 0.967. The summed E-state index contributed by atoms with van der Waals surface area (Å²) in [5.74, 6) is 0. The van der Waals surface area contributed by atoms with E-state index < -0.39 is 33.1 Å². The van der Waals surface area contributed by atoms with Crippen molar-refractivity contribution in [1.29, 1.82) is 0 Å². The lowest BCUT2D eigenvalue weighted by atomic mass is 10.2. The number of carbonyl (C=O) groups is 1. The summed E-state index contributed by atoms with van der Waals surface area (Å²) in [6.45, 7) is 0. The number of carbonyl (C=O) groups excluding carboxylic acids is 1. The number of hydrogen-bond donors (Lipinski definition) is 0. The van der Waals surface area contributed by atoms with Crippen molar-refractivity contribution in [1.82, 2.24) is 0 Å². The summed E-state index contributed by atoms with van der Waals surface area (Å²) in [4.78, 5) is 9.74. The normalized spacial score (nSPS) is 12.4. The summed E-state index contributed by atoms with van der Waals surface area (Å²) in [5, 5.41) is -1.03. The molecule has 0 bridgehead atoms. The topological polar surface area (TPSA) is 85.3 Å². The third kappa shape index (κ3) is 3.82. The van der Waals surface area contributed by atoms with E-state index in [4.69, 9.17) is 33.0 Å². The molecular weight excluding hydrogens is 335 g/mol. The smallest absolute Gasteiger partial charge is 0.261 e. The van der Waals surface area contributed by atoms with Gasteiger partial charge in [-0.25, -0.2) is 16.8 Å². The van der Waals surface area contributed by atoms with Crippen LogP contribution in [0.3, 0.4) is 0 Å². The highest BCUT2D eigenvalue weighted by atomic mass is 35.7. The standard InChI is InChI=1S/C7H3Cl3O5S2/c8-7(11)4-1-5(16(9,12)13)3-6(2-4)17(10,14)15/h1-3H. The molecule has 94 valence electrons. The van der Waals surface area contributed by atoms with Crippen LogP contribution in [0.15, 0.2) is 28.0 Å². The van der Waals surface area contributed by atoms with Gasteiger partial charge in [-0.15, -0.1) is 0 Å². The van der Waals surface area contributed by atoms with Crippen LogP contribution >= 0.6 is 33.0 Å². The van der Waals surface area contributed by atoms with Crippen LogP contribution in [0.5, 0.6) is 0 Å². The molecule has 17 heavy (non-hydrogen) atoms. The summed E-state index contributed by atoms with van der Waals surface area (Å²) >= 11 is 5.13. The van der Waals surface area contributed by atoms with Gasteiger partial charge < -0.3 is 0 Å². The fraction of sp³-hybridized carbons (Fsp3) is 0. The van der Waals surface area contributed by atoms with Gasteiger partial charge in [-0.1, -0.05) is 0 Å². The molecular formula is C7H3Cl3O5S2. The first kappa shape index (κ1) is 14.7. The molecule has 0 radical (unpaired) electrons. The van der Waals surface area contributed by atoms with Gasteiger partial charge in [-0.3, -0.25) is 4.79 Å². The second kappa shape index (κ2) is 4.74. The predicted molar refractivity (Wildman–Crippen MR) is 62.7 cm³/mol. The number of halogens is 3. The summed E-state index contributed by atoms with van der Waals surface area (Å²) < 4.78 is 44.2. The number of benzene rings is 1. The SMILES string of the molecule is O=C(Cl)c1cc(S(=O)(=O)Cl)cc(S(=O)(=O)Cl)c1. The van der Waals surface area contributed by atoms with Crippen molar-refractivity contribution < 1.29 is 21.6 Å². The molecule has 0 saturated carbocycles. The van der Waals surface area contributed by atoms with Gasteiger partial charge in [0, 0.05) is 26.9 Å². The molecule has 0 aromatic heterocycles. The summed E-state index contributed by atoms with van der Waals surface area (Å²) in [7, 11) is 1.67. The van der Waals surface area contributed by atoms with Gasteiger partial charge in [0.05, 0.1) is 9.79 Å². The van der Waals surface area contributed by atoms with Crippen molar-refractivity contribution in [2.24, 2.45) is 0 Å². The van der Waals surface area contributed by atoms with E-state index in [1.54, 1.807) is 0 Å². The van der Waals surface area contributed by atoms with Gasteiger partial charge >= 0.3 is 0 Å². The summed E-state index contributed by atoms with van der Waals surface area (Å²) in [6.07, 6.45) is 0. The second-order valence-electron chi connectivity index (χ2n) is 2.84. The lowest BCUT2D eigenvalue weighted by Gasteiger charge is -2.02. The van der Waals surface area contributed by atoms with E-state index in [2.05, 4.69) is 0 Å². The lowest BCUT2D eigenvalue weighted by Crippen LogP contribution is -2.00. The third-order valence-corrected chi connectivity index (χ3v) is 4.55. The van der Waals surface area contributed by atoms with E-state index >= 15 is 0 Å². The molecule has 0 aliphatic carbocycles. The zero-order valence-corrected chi connectivity index (χ0v) is 11.6. The molecule has 0 fully saturated rings. The van der Waals surface area contributed by atoms with Crippen molar-refractivity contribution in [3.63, 3.8) is 0 Å². The van der Waals surface area contributed by atoms with Gasteiger partial charge in [0.15, 0.2) is 0 Å². The van der Waals surface area contributed by atoms with Crippen LogP contribution in [0.2, 0.25) is 0 Å². The van der Waals surface area contributed by atoms with Gasteiger partial charge in [-0.05, 0) is 29.8 Å². The molecule has 10 heteroatoms. The van der Waals surface area contributed by atoms with E-state index in [9.17, 15) is 21.6 Å². The molecule has 0 amide bonds. The Hall–Kier alpha value is -0.340. The number of hydrogen-bond acceptors (Lipinski definition) is 5. The maximum atomic E-state index is 11.1. The largest absolute Gasteiger partial charge is 0.276 e. The first-order valence-corrected chi connectivity index (χ1v) is 8.76. The quantitative estimate of drug-likeness (QED) is 0.787. The lowest BCUT2D eigenvalue weighted by molar-refractivity contribution is 0.108. The van der Waals surface area contributed by atoms with Crippen LogP contribution in [-0.2, 0) is 18.1 Å². The Labute approximate surface area is 111 Å². The van der Waals surface area contributed by atoms with Crippen molar-refractivity contribution in [3.8, 4) is 0 Å². The maximum absolute atomic E-state index is 11.1. The molecule has 0 spiro atoms. The minimum absolute atomic E-state index is 0.340. The minimum Gasteiger partial charge on any atom is -0.276 e. The zero-order chi connectivity index (χ0) is 13.4. The zero-order valence-electron chi connectivity index (χ0n) is 7.72. The van der Waals surface area contributed by atoms with Crippen molar-refractivity contribution in [3.05, 3.63) is 23.8 Å². The number of rotatable bonds is 3. The van der Waals surface area contributed by atoms with E-state index in [1.165, 1.54) is 0 Å². The van der Waals surface area contributed by atoms with E-state index in [0.717, 1.165) is 18.2 Å². The Morgan fingerprint density at radius 3 is 1.47 bits per heavy atom. The van der Waals surface area contributed by atoms with Crippen LogP contribution in [0.1, 0.15) is 10.4 Å². The third-order valence-electron chi connectivity index (χ3n) is 1.67. The highest BCUT2D eigenvalue weighted by molar-refractivity contribution is 8.14. The van der Waals surface area contributed by atoms with Gasteiger partial charge in [-0.2, -0.15) is 0 Å².